The number of nitrogens with one attached hydrogen (secondary N) is 2. The van der Waals surface area contributed by atoms with Crippen LogP contribution in [0.4, 0.5) is 0 Å². The van der Waals surface area contributed by atoms with Gasteiger partial charge in [0.25, 0.3) is 0 Å². The van der Waals surface area contributed by atoms with Crippen LogP contribution in [-0.2, 0) is 6.54 Å². The first kappa shape index (κ1) is 10.3. The van der Waals surface area contributed by atoms with Crippen LogP contribution in [0.5, 0.6) is 0 Å². The van der Waals surface area contributed by atoms with Crippen molar-refractivity contribution in [2.24, 2.45) is 0 Å². The molecule has 0 bridgehead atoms. The van der Waals surface area contributed by atoms with Crippen molar-refractivity contribution in [2.75, 3.05) is 0 Å². The Hall–Kier alpha value is -0.830. The van der Waals surface area contributed by atoms with Gasteiger partial charge in [-0.25, -0.2) is 0 Å². The maximum atomic E-state index is 4.15. The molecule has 1 aromatic heterocycles. The Balaban J connectivity index is 2.64. The Kier molecular flexibility index (Phi) is 2.76. The quantitative estimate of drug-likeness (QED) is 0.731. The third-order valence-corrected chi connectivity index (χ3v) is 2.08. The summed E-state index contributed by atoms with van der Waals surface area (Å²) in [6, 6.07) is 0. The van der Waals surface area contributed by atoms with E-state index in [0.717, 1.165) is 17.9 Å². The molecule has 0 saturated carbocycles. The highest BCUT2D eigenvalue weighted by Crippen LogP contribution is 2.10. The van der Waals surface area contributed by atoms with Crippen LogP contribution in [0.3, 0.4) is 0 Å². The maximum absolute atomic E-state index is 4.15. The highest BCUT2D eigenvalue weighted by Gasteiger charge is 2.11. The van der Waals surface area contributed by atoms with E-state index in [1.807, 2.05) is 6.92 Å². The molecule has 0 aliphatic heterocycles. The van der Waals surface area contributed by atoms with Crippen molar-refractivity contribution < 1.29 is 0 Å². The Morgan fingerprint density at radius 1 is 1.31 bits per heavy atom. The van der Waals surface area contributed by atoms with Gasteiger partial charge in [0.1, 0.15) is 0 Å². The van der Waals surface area contributed by atoms with Crippen molar-refractivity contribution in [3.8, 4) is 0 Å². The normalized spacial score (nSPS) is 12.1. The van der Waals surface area contributed by atoms with Crippen molar-refractivity contribution in [3.05, 3.63) is 17.0 Å². The fourth-order valence-corrected chi connectivity index (χ4v) is 1.19. The van der Waals surface area contributed by atoms with E-state index in [1.165, 1.54) is 5.56 Å². The number of hydrogen-bond donors (Lipinski definition) is 2. The van der Waals surface area contributed by atoms with Crippen LogP contribution in [0.1, 0.15) is 37.7 Å². The molecule has 1 heterocycles. The van der Waals surface area contributed by atoms with Crippen LogP contribution in [-0.4, -0.2) is 15.7 Å². The second-order valence-electron chi connectivity index (χ2n) is 4.52. The molecule has 0 aliphatic rings. The number of nitrogens with zero attached hydrogens (tertiary/aromatic N) is 1. The third kappa shape index (κ3) is 2.84. The number of aromatic amines is 1. The van der Waals surface area contributed by atoms with Crippen molar-refractivity contribution >= 4 is 0 Å². The molecule has 0 atom stereocenters. The fourth-order valence-electron chi connectivity index (χ4n) is 1.19. The van der Waals surface area contributed by atoms with Crippen LogP contribution in [0, 0.1) is 13.8 Å². The standard InChI is InChI=1S/C10H19N3/c1-7-9(8(2)13-12-7)6-11-10(3,4)5/h11H,6H2,1-5H3,(H,12,13). The average Bonchev–Trinajstić information content (AvgIpc) is 2.27. The molecule has 0 unspecified atom stereocenters. The first-order valence-corrected chi connectivity index (χ1v) is 4.65. The van der Waals surface area contributed by atoms with E-state index in [4.69, 9.17) is 0 Å². The van der Waals surface area contributed by atoms with Gasteiger partial charge in [-0.15, -0.1) is 0 Å². The highest BCUT2D eigenvalue weighted by atomic mass is 15.1. The van der Waals surface area contributed by atoms with Crippen molar-refractivity contribution in [1.82, 2.24) is 15.5 Å². The van der Waals surface area contributed by atoms with Crippen molar-refractivity contribution in [3.63, 3.8) is 0 Å². The van der Waals surface area contributed by atoms with E-state index in [2.05, 4.69) is 43.2 Å². The Morgan fingerprint density at radius 2 is 1.92 bits per heavy atom. The van der Waals surface area contributed by atoms with E-state index in [-0.39, 0.29) is 5.54 Å². The van der Waals surface area contributed by atoms with Crippen LogP contribution in [0.15, 0.2) is 0 Å². The Bertz CT molecular complexity index is 261. The molecule has 2 N–H and O–H groups in total. The van der Waals surface area contributed by atoms with Gasteiger partial charge in [0.2, 0.25) is 0 Å². The van der Waals surface area contributed by atoms with Crippen molar-refractivity contribution in [1.29, 1.82) is 0 Å². The first-order chi connectivity index (χ1) is 5.90. The lowest BCUT2D eigenvalue weighted by molar-refractivity contribution is 0.423. The minimum absolute atomic E-state index is 0.163. The summed E-state index contributed by atoms with van der Waals surface area (Å²) in [5, 5.41) is 10.6. The summed E-state index contributed by atoms with van der Waals surface area (Å²) in [4.78, 5) is 0. The van der Waals surface area contributed by atoms with E-state index >= 15 is 0 Å². The largest absolute Gasteiger partial charge is 0.308 e. The molecule has 0 radical (unpaired) electrons. The average molecular weight is 181 g/mol. The molecule has 74 valence electrons. The topological polar surface area (TPSA) is 40.7 Å². The minimum Gasteiger partial charge on any atom is -0.308 e. The molecule has 0 spiro atoms. The monoisotopic (exact) mass is 181 g/mol. The van der Waals surface area contributed by atoms with Gasteiger partial charge in [-0.1, -0.05) is 0 Å². The van der Waals surface area contributed by atoms with Crippen molar-refractivity contribution in [2.45, 2.75) is 46.7 Å². The summed E-state index contributed by atoms with van der Waals surface area (Å²) >= 11 is 0. The zero-order chi connectivity index (χ0) is 10.1. The molecule has 0 saturated heterocycles. The second kappa shape index (κ2) is 3.50. The molecule has 1 aromatic rings. The lowest BCUT2D eigenvalue weighted by atomic mass is 10.1. The summed E-state index contributed by atoms with van der Waals surface area (Å²) in [5.41, 5.74) is 3.70. The molecule has 0 aromatic carbocycles. The molecule has 0 fully saturated rings. The number of rotatable bonds is 2. The zero-order valence-corrected chi connectivity index (χ0v) is 9.15. The molecule has 3 nitrogen and oxygen atoms in total. The van der Waals surface area contributed by atoms with Crippen LogP contribution < -0.4 is 5.32 Å². The SMILES string of the molecule is Cc1n[nH]c(C)c1CNC(C)(C)C. The predicted octanol–water partition coefficient (Wildman–Crippen LogP) is 1.91. The van der Waals surface area contributed by atoms with Gasteiger partial charge in [-0.3, -0.25) is 5.10 Å². The number of aryl methyl sites for hydroxylation is 2. The highest BCUT2D eigenvalue weighted by molar-refractivity contribution is 5.22. The van der Waals surface area contributed by atoms with Crippen LogP contribution in [0.25, 0.3) is 0 Å². The summed E-state index contributed by atoms with van der Waals surface area (Å²) in [6.45, 7) is 11.5. The molecule has 1 rings (SSSR count). The zero-order valence-electron chi connectivity index (χ0n) is 9.15. The predicted molar refractivity (Wildman–Crippen MR) is 54.7 cm³/mol. The minimum atomic E-state index is 0.163. The summed E-state index contributed by atoms with van der Waals surface area (Å²) in [5.74, 6) is 0. The number of aromatic nitrogens is 2. The van der Waals surface area contributed by atoms with Gasteiger partial charge >= 0.3 is 0 Å². The third-order valence-electron chi connectivity index (χ3n) is 2.08. The molecule has 3 heteroatoms. The summed E-state index contributed by atoms with van der Waals surface area (Å²) in [7, 11) is 0. The molecule has 0 aliphatic carbocycles. The van der Waals surface area contributed by atoms with Crippen LogP contribution >= 0.6 is 0 Å². The van der Waals surface area contributed by atoms with Gasteiger partial charge in [0.05, 0.1) is 5.69 Å². The molecular weight excluding hydrogens is 162 g/mol. The van der Waals surface area contributed by atoms with E-state index < -0.39 is 0 Å². The smallest absolute Gasteiger partial charge is 0.0638 e. The van der Waals surface area contributed by atoms with Gasteiger partial charge in [-0.05, 0) is 34.6 Å². The van der Waals surface area contributed by atoms with Gasteiger partial charge in [0, 0.05) is 23.3 Å². The van der Waals surface area contributed by atoms with E-state index in [9.17, 15) is 0 Å². The molecule has 13 heavy (non-hydrogen) atoms. The van der Waals surface area contributed by atoms with Gasteiger partial charge in [-0.2, -0.15) is 5.10 Å². The van der Waals surface area contributed by atoms with Crippen LogP contribution in [0.2, 0.25) is 0 Å². The lowest BCUT2D eigenvalue weighted by Gasteiger charge is -2.20. The molecular formula is C10H19N3. The summed E-state index contributed by atoms with van der Waals surface area (Å²) in [6.07, 6.45) is 0. The Morgan fingerprint density at radius 3 is 2.31 bits per heavy atom. The first-order valence-electron chi connectivity index (χ1n) is 4.65. The lowest BCUT2D eigenvalue weighted by Crippen LogP contribution is -2.35. The van der Waals surface area contributed by atoms with E-state index in [1.54, 1.807) is 0 Å². The summed E-state index contributed by atoms with van der Waals surface area (Å²) < 4.78 is 0. The Labute approximate surface area is 79.9 Å². The van der Waals surface area contributed by atoms with Gasteiger partial charge < -0.3 is 5.32 Å². The fraction of sp³-hybridized carbons (Fsp3) is 0.700. The number of hydrogen-bond acceptors (Lipinski definition) is 2. The van der Waals surface area contributed by atoms with E-state index in [0.29, 0.717) is 0 Å². The maximum Gasteiger partial charge on any atom is 0.0638 e. The number of H-pyrrole nitrogens is 1. The van der Waals surface area contributed by atoms with Gasteiger partial charge in [0.15, 0.2) is 0 Å². The second-order valence-corrected chi connectivity index (χ2v) is 4.52. The molecule has 0 amide bonds.